The van der Waals surface area contributed by atoms with E-state index in [1.54, 1.807) is 0 Å². The number of anilines is 1. The minimum Gasteiger partial charge on any atom is -0.361 e. The summed E-state index contributed by atoms with van der Waals surface area (Å²) in [7, 11) is 0. The zero-order valence-electron chi connectivity index (χ0n) is 14.1. The smallest absolute Gasteiger partial charge is 0.0450 e. The normalized spacial score (nSPS) is 12.3. The lowest BCUT2D eigenvalue weighted by molar-refractivity contribution is 0.786. The Morgan fingerprint density at radius 3 is 2.10 bits per heavy atom. The summed E-state index contributed by atoms with van der Waals surface area (Å²) in [5.41, 5.74) is 5.57. The van der Waals surface area contributed by atoms with Crippen LogP contribution in [0, 0.1) is 0 Å². The number of unbranched alkanes of at least 4 members (excludes halogenated alkanes) is 1. The van der Waals surface area contributed by atoms with E-state index >= 15 is 0 Å². The number of benzene rings is 1. The lowest BCUT2D eigenvalue weighted by Gasteiger charge is -2.19. The Labute approximate surface area is 125 Å². The third kappa shape index (κ3) is 4.70. The summed E-state index contributed by atoms with van der Waals surface area (Å²) in [5, 5.41) is 3.59. The van der Waals surface area contributed by atoms with Crippen molar-refractivity contribution in [3.8, 4) is 0 Å². The molecule has 0 amide bonds. The maximum absolute atomic E-state index is 3.59. The van der Waals surface area contributed by atoms with Gasteiger partial charge in [0.2, 0.25) is 0 Å². The molecule has 0 atom stereocenters. The molecule has 0 aliphatic rings. The Morgan fingerprint density at radius 2 is 1.65 bits per heavy atom. The van der Waals surface area contributed by atoms with E-state index in [0.29, 0.717) is 11.8 Å². The molecule has 1 N–H and O–H groups in total. The SMILES string of the molecule is CCCCC(C)=CNc1c(C(C)C)cccc1C(C)C. The fourth-order valence-electron chi connectivity index (χ4n) is 2.44. The van der Waals surface area contributed by atoms with E-state index in [1.165, 1.54) is 41.6 Å². The first-order valence-electron chi connectivity index (χ1n) is 8.02. The first kappa shape index (κ1) is 16.8. The molecule has 20 heavy (non-hydrogen) atoms. The fourth-order valence-corrected chi connectivity index (χ4v) is 2.44. The van der Waals surface area contributed by atoms with E-state index in [0.717, 1.165) is 0 Å². The first-order valence-corrected chi connectivity index (χ1v) is 8.02. The second kappa shape index (κ2) is 8.14. The molecule has 0 radical (unpaired) electrons. The van der Waals surface area contributed by atoms with Crippen LogP contribution in [0.2, 0.25) is 0 Å². The molecule has 0 aromatic heterocycles. The Hall–Kier alpha value is -1.24. The molecule has 1 heteroatoms. The Kier molecular flexibility index (Phi) is 6.84. The predicted octanol–water partition coefficient (Wildman–Crippen LogP) is 6.44. The van der Waals surface area contributed by atoms with E-state index in [-0.39, 0.29) is 0 Å². The van der Waals surface area contributed by atoms with Crippen LogP contribution in [0.5, 0.6) is 0 Å². The van der Waals surface area contributed by atoms with E-state index in [1.807, 2.05) is 0 Å². The highest BCUT2D eigenvalue weighted by Gasteiger charge is 2.12. The van der Waals surface area contributed by atoms with Crippen molar-refractivity contribution in [3.05, 3.63) is 41.1 Å². The van der Waals surface area contributed by atoms with Crippen molar-refractivity contribution >= 4 is 5.69 Å². The summed E-state index contributed by atoms with van der Waals surface area (Å²) in [6, 6.07) is 6.67. The van der Waals surface area contributed by atoms with Gasteiger partial charge in [0.1, 0.15) is 0 Å². The maximum Gasteiger partial charge on any atom is 0.0450 e. The number of hydrogen-bond donors (Lipinski definition) is 1. The Morgan fingerprint density at radius 1 is 1.10 bits per heavy atom. The summed E-state index contributed by atoms with van der Waals surface area (Å²) in [6.07, 6.45) is 5.91. The van der Waals surface area contributed by atoms with Gasteiger partial charge in [0.15, 0.2) is 0 Å². The highest BCUT2D eigenvalue weighted by Crippen LogP contribution is 2.32. The molecule has 0 aliphatic heterocycles. The van der Waals surface area contributed by atoms with Gasteiger partial charge < -0.3 is 5.32 Å². The third-order valence-corrected chi connectivity index (χ3v) is 3.76. The predicted molar refractivity (Wildman–Crippen MR) is 91.5 cm³/mol. The molecule has 1 nitrogen and oxygen atoms in total. The third-order valence-electron chi connectivity index (χ3n) is 3.76. The van der Waals surface area contributed by atoms with E-state index in [9.17, 15) is 0 Å². The monoisotopic (exact) mass is 273 g/mol. The van der Waals surface area contributed by atoms with Gasteiger partial charge in [0.05, 0.1) is 0 Å². The summed E-state index contributed by atoms with van der Waals surface area (Å²) < 4.78 is 0. The number of allylic oxidation sites excluding steroid dienone is 1. The van der Waals surface area contributed by atoms with Crippen molar-refractivity contribution in [3.63, 3.8) is 0 Å². The average Bonchev–Trinajstić information content (AvgIpc) is 2.42. The highest BCUT2D eigenvalue weighted by molar-refractivity contribution is 5.61. The standard InChI is InChI=1S/C19H31N/c1-7-8-10-16(6)13-20-19-17(14(2)3)11-9-12-18(19)15(4)5/h9,11-15,20H,7-8,10H2,1-6H3. The summed E-state index contributed by atoms with van der Waals surface area (Å²) >= 11 is 0. The van der Waals surface area contributed by atoms with Crippen LogP contribution >= 0.6 is 0 Å². The Bertz CT molecular complexity index is 415. The molecule has 0 aliphatic carbocycles. The lowest BCUT2D eigenvalue weighted by atomic mass is 9.92. The van der Waals surface area contributed by atoms with Crippen LogP contribution in [-0.4, -0.2) is 0 Å². The number of hydrogen-bond acceptors (Lipinski definition) is 1. The Balaban J connectivity index is 3.02. The van der Waals surface area contributed by atoms with Gasteiger partial charge in [-0.1, -0.05) is 64.8 Å². The van der Waals surface area contributed by atoms with Crippen LogP contribution in [0.15, 0.2) is 30.0 Å². The van der Waals surface area contributed by atoms with Crippen molar-refractivity contribution in [1.82, 2.24) is 0 Å². The molecule has 112 valence electrons. The van der Waals surface area contributed by atoms with Gasteiger partial charge in [-0.2, -0.15) is 0 Å². The van der Waals surface area contributed by atoms with Crippen LogP contribution in [0.1, 0.15) is 83.8 Å². The lowest BCUT2D eigenvalue weighted by Crippen LogP contribution is -2.03. The van der Waals surface area contributed by atoms with Gasteiger partial charge in [0, 0.05) is 5.69 Å². The van der Waals surface area contributed by atoms with Crippen molar-refractivity contribution in [1.29, 1.82) is 0 Å². The largest absolute Gasteiger partial charge is 0.361 e. The van der Waals surface area contributed by atoms with Gasteiger partial charge in [-0.3, -0.25) is 0 Å². The second-order valence-corrected chi connectivity index (χ2v) is 6.36. The van der Waals surface area contributed by atoms with Crippen LogP contribution in [-0.2, 0) is 0 Å². The van der Waals surface area contributed by atoms with E-state index in [4.69, 9.17) is 0 Å². The van der Waals surface area contributed by atoms with E-state index in [2.05, 4.69) is 71.3 Å². The van der Waals surface area contributed by atoms with Crippen molar-refractivity contribution < 1.29 is 0 Å². The summed E-state index contributed by atoms with van der Waals surface area (Å²) in [4.78, 5) is 0. The molecule has 1 aromatic carbocycles. The van der Waals surface area contributed by atoms with Gasteiger partial charge in [-0.05, 0) is 48.9 Å². The second-order valence-electron chi connectivity index (χ2n) is 6.36. The molecule has 0 spiro atoms. The summed E-state index contributed by atoms with van der Waals surface area (Å²) in [5.74, 6) is 1.08. The van der Waals surface area contributed by atoms with Gasteiger partial charge in [-0.15, -0.1) is 0 Å². The summed E-state index contributed by atoms with van der Waals surface area (Å²) in [6.45, 7) is 13.5. The van der Waals surface area contributed by atoms with Crippen LogP contribution in [0.3, 0.4) is 0 Å². The molecule has 0 bridgehead atoms. The zero-order valence-corrected chi connectivity index (χ0v) is 14.1. The maximum atomic E-state index is 3.59. The molecule has 0 unspecified atom stereocenters. The zero-order chi connectivity index (χ0) is 15.1. The van der Waals surface area contributed by atoms with Crippen molar-refractivity contribution in [2.45, 2.75) is 72.6 Å². The minimum atomic E-state index is 0.542. The molecule has 0 fully saturated rings. The number of nitrogens with one attached hydrogen (secondary N) is 1. The molecule has 0 heterocycles. The topological polar surface area (TPSA) is 12.0 Å². The van der Waals surface area contributed by atoms with Crippen LogP contribution < -0.4 is 5.32 Å². The molecular formula is C19H31N. The molecule has 1 aromatic rings. The molecule has 1 rings (SSSR count). The fraction of sp³-hybridized carbons (Fsp3) is 0.579. The van der Waals surface area contributed by atoms with Crippen LogP contribution in [0.25, 0.3) is 0 Å². The quantitative estimate of drug-likeness (QED) is 0.602. The van der Waals surface area contributed by atoms with Crippen molar-refractivity contribution in [2.75, 3.05) is 5.32 Å². The van der Waals surface area contributed by atoms with Crippen LogP contribution in [0.4, 0.5) is 5.69 Å². The van der Waals surface area contributed by atoms with Gasteiger partial charge >= 0.3 is 0 Å². The minimum absolute atomic E-state index is 0.542. The molecular weight excluding hydrogens is 242 g/mol. The number of rotatable bonds is 7. The van der Waals surface area contributed by atoms with E-state index < -0.39 is 0 Å². The number of para-hydroxylation sites is 1. The van der Waals surface area contributed by atoms with Crippen molar-refractivity contribution in [2.24, 2.45) is 0 Å². The molecule has 0 saturated carbocycles. The van der Waals surface area contributed by atoms with Gasteiger partial charge in [-0.25, -0.2) is 0 Å². The highest BCUT2D eigenvalue weighted by atomic mass is 14.9. The molecule has 0 saturated heterocycles. The van der Waals surface area contributed by atoms with Gasteiger partial charge in [0.25, 0.3) is 0 Å². The average molecular weight is 273 g/mol. The first-order chi connectivity index (χ1) is 9.47.